The average molecular weight is 281 g/mol. The first-order chi connectivity index (χ1) is 8.78. The number of thiazole rings is 1. The second kappa shape index (κ2) is 6.88. The van der Waals surface area contributed by atoms with Crippen molar-refractivity contribution in [2.45, 2.75) is 12.8 Å². The third kappa shape index (κ3) is 4.09. The van der Waals surface area contributed by atoms with E-state index < -0.39 is 0 Å². The van der Waals surface area contributed by atoms with Crippen molar-refractivity contribution >= 4 is 22.9 Å². The highest BCUT2D eigenvalue weighted by Gasteiger charge is 2.11. The molecule has 0 amide bonds. The van der Waals surface area contributed by atoms with Gasteiger partial charge in [-0.05, 0) is 50.0 Å². The molecule has 1 aromatic heterocycles. The Labute approximate surface area is 117 Å². The van der Waals surface area contributed by atoms with Crippen molar-refractivity contribution in [1.29, 1.82) is 0 Å². The van der Waals surface area contributed by atoms with Gasteiger partial charge >= 0.3 is 0 Å². The molecule has 0 bridgehead atoms. The molecule has 1 atom stereocenters. The van der Waals surface area contributed by atoms with Crippen LogP contribution in [0.5, 0.6) is 0 Å². The molecule has 2 nitrogen and oxygen atoms in total. The number of nitrogens with one attached hydrogen (secondary N) is 1. The molecule has 2 aromatic rings. The molecular formula is C14H17ClN2S. The predicted octanol–water partition coefficient (Wildman–Crippen LogP) is 3.42. The quantitative estimate of drug-likeness (QED) is 0.877. The van der Waals surface area contributed by atoms with E-state index in [2.05, 4.69) is 27.8 Å². The second-order valence-corrected chi connectivity index (χ2v) is 5.59. The summed E-state index contributed by atoms with van der Waals surface area (Å²) in [6, 6.07) is 8.12. The fourth-order valence-electron chi connectivity index (χ4n) is 2.09. The molecule has 1 N–H and O–H groups in total. The lowest BCUT2D eigenvalue weighted by Crippen LogP contribution is -2.22. The number of aromatic nitrogens is 1. The van der Waals surface area contributed by atoms with Crippen molar-refractivity contribution in [3.8, 4) is 0 Å². The Balaban J connectivity index is 1.99. The van der Waals surface area contributed by atoms with Gasteiger partial charge in [0.05, 0.1) is 11.2 Å². The minimum absolute atomic E-state index is 0.568. The third-order valence-corrected chi connectivity index (χ3v) is 3.80. The van der Waals surface area contributed by atoms with E-state index in [0.717, 1.165) is 24.4 Å². The van der Waals surface area contributed by atoms with Gasteiger partial charge in [0.1, 0.15) is 0 Å². The van der Waals surface area contributed by atoms with E-state index in [9.17, 15) is 0 Å². The standard InChI is InChI=1S/C14H17ClN2S/c1-16-8-12(7-14-9-18-10-17-14)6-11-2-4-13(15)5-3-11/h2-5,9-10,12,16H,6-8H2,1H3. The van der Waals surface area contributed by atoms with Gasteiger partial charge in [-0.1, -0.05) is 23.7 Å². The summed E-state index contributed by atoms with van der Waals surface area (Å²) in [7, 11) is 2.00. The number of hydrogen-bond donors (Lipinski definition) is 1. The maximum absolute atomic E-state index is 5.90. The summed E-state index contributed by atoms with van der Waals surface area (Å²) < 4.78 is 0. The maximum Gasteiger partial charge on any atom is 0.0794 e. The highest BCUT2D eigenvalue weighted by molar-refractivity contribution is 7.07. The van der Waals surface area contributed by atoms with Gasteiger partial charge in [0.2, 0.25) is 0 Å². The molecule has 18 heavy (non-hydrogen) atoms. The molecule has 0 saturated carbocycles. The van der Waals surface area contributed by atoms with E-state index in [1.165, 1.54) is 11.3 Å². The van der Waals surface area contributed by atoms with Gasteiger partial charge in [0.25, 0.3) is 0 Å². The molecule has 1 unspecified atom stereocenters. The minimum Gasteiger partial charge on any atom is -0.319 e. The average Bonchev–Trinajstić information content (AvgIpc) is 2.85. The van der Waals surface area contributed by atoms with Crippen LogP contribution in [0.15, 0.2) is 35.2 Å². The van der Waals surface area contributed by atoms with Crippen LogP contribution in [-0.2, 0) is 12.8 Å². The predicted molar refractivity (Wildman–Crippen MR) is 78.4 cm³/mol. The Morgan fingerprint density at radius 2 is 2.06 bits per heavy atom. The summed E-state index contributed by atoms with van der Waals surface area (Å²) in [6.07, 6.45) is 2.07. The smallest absolute Gasteiger partial charge is 0.0794 e. The molecule has 2 rings (SSSR count). The van der Waals surface area contributed by atoms with Gasteiger partial charge in [-0.2, -0.15) is 0 Å². The van der Waals surface area contributed by atoms with E-state index in [0.29, 0.717) is 5.92 Å². The number of benzene rings is 1. The molecule has 0 fully saturated rings. The molecule has 96 valence electrons. The Morgan fingerprint density at radius 1 is 1.28 bits per heavy atom. The van der Waals surface area contributed by atoms with E-state index >= 15 is 0 Å². The highest BCUT2D eigenvalue weighted by Crippen LogP contribution is 2.16. The zero-order chi connectivity index (χ0) is 12.8. The largest absolute Gasteiger partial charge is 0.319 e. The van der Waals surface area contributed by atoms with Crippen molar-refractivity contribution in [2.24, 2.45) is 5.92 Å². The SMILES string of the molecule is CNCC(Cc1ccc(Cl)cc1)Cc1cscn1. The lowest BCUT2D eigenvalue weighted by Gasteiger charge is -2.15. The Kier molecular flexibility index (Phi) is 5.17. The van der Waals surface area contributed by atoms with E-state index in [4.69, 9.17) is 11.6 Å². The zero-order valence-electron chi connectivity index (χ0n) is 10.4. The first-order valence-corrected chi connectivity index (χ1v) is 7.36. The van der Waals surface area contributed by atoms with E-state index in [1.807, 2.05) is 24.7 Å². The molecule has 0 radical (unpaired) electrons. The Morgan fingerprint density at radius 3 is 2.67 bits per heavy atom. The number of hydrogen-bond acceptors (Lipinski definition) is 3. The van der Waals surface area contributed by atoms with E-state index in [-0.39, 0.29) is 0 Å². The number of nitrogens with zero attached hydrogens (tertiary/aromatic N) is 1. The molecule has 0 aliphatic heterocycles. The van der Waals surface area contributed by atoms with Crippen LogP contribution in [0.3, 0.4) is 0 Å². The Bertz CT molecular complexity index is 453. The first kappa shape index (κ1) is 13.5. The highest BCUT2D eigenvalue weighted by atomic mass is 35.5. The lowest BCUT2D eigenvalue weighted by molar-refractivity contribution is 0.489. The zero-order valence-corrected chi connectivity index (χ0v) is 12.0. The van der Waals surface area contributed by atoms with Gasteiger partial charge in [0, 0.05) is 10.4 Å². The summed E-state index contributed by atoms with van der Waals surface area (Å²) in [4.78, 5) is 4.36. The molecule has 4 heteroatoms. The van der Waals surface area contributed by atoms with Gasteiger partial charge in [-0.25, -0.2) is 4.98 Å². The molecule has 0 aliphatic carbocycles. The van der Waals surface area contributed by atoms with E-state index in [1.54, 1.807) is 11.3 Å². The van der Waals surface area contributed by atoms with Crippen molar-refractivity contribution in [2.75, 3.05) is 13.6 Å². The van der Waals surface area contributed by atoms with Gasteiger partial charge < -0.3 is 5.32 Å². The molecule has 1 heterocycles. The molecule has 0 aliphatic rings. The summed E-state index contributed by atoms with van der Waals surface area (Å²) in [6.45, 7) is 1.00. The first-order valence-electron chi connectivity index (χ1n) is 6.04. The van der Waals surface area contributed by atoms with Crippen LogP contribution in [0.25, 0.3) is 0 Å². The summed E-state index contributed by atoms with van der Waals surface area (Å²) in [5.74, 6) is 0.568. The second-order valence-electron chi connectivity index (χ2n) is 4.44. The van der Waals surface area contributed by atoms with Crippen LogP contribution in [0, 0.1) is 5.92 Å². The summed E-state index contributed by atoms with van der Waals surface area (Å²) in [5, 5.41) is 6.19. The van der Waals surface area contributed by atoms with Gasteiger partial charge in [0.15, 0.2) is 0 Å². The van der Waals surface area contributed by atoms with Crippen LogP contribution in [-0.4, -0.2) is 18.6 Å². The van der Waals surface area contributed by atoms with Gasteiger partial charge in [-0.15, -0.1) is 11.3 Å². The van der Waals surface area contributed by atoms with Crippen molar-refractivity contribution in [1.82, 2.24) is 10.3 Å². The number of rotatable bonds is 6. The van der Waals surface area contributed by atoms with Crippen molar-refractivity contribution in [3.05, 3.63) is 51.4 Å². The van der Waals surface area contributed by atoms with Crippen LogP contribution >= 0.6 is 22.9 Å². The lowest BCUT2D eigenvalue weighted by atomic mass is 9.95. The fourth-order valence-corrected chi connectivity index (χ4v) is 2.79. The monoisotopic (exact) mass is 280 g/mol. The van der Waals surface area contributed by atoms with Crippen LogP contribution in [0.1, 0.15) is 11.3 Å². The third-order valence-electron chi connectivity index (χ3n) is 2.91. The van der Waals surface area contributed by atoms with Crippen molar-refractivity contribution in [3.63, 3.8) is 0 Å². The summed E-state index contributed by atoms with van der Waals surface area (Å²) in [5.41, 5.74) is 4.41. The van der Waals surface area contributed by atoms with Crippen LogP contribution in [0.4, 0.5) is 0 Å². The topological polar surface area (TPSA) is 24.9 Å². The van der Waals surface area contributed by atoms with Gasteiger partial charge in [-0.3, -0.25) is 0 Å². The minimum atomic E-state index is 0.568. The maximum atomic E-state index is 5.90. The normalized spacial score (nSPS) is 12.6. The molecule has 0 saturated heterocycles. The Hall–Kier alpha value is -0.900. The molecular weight excluding hydrogens is 264 g/mol. The van der Waals surface area contributed by atoms with Crippen LogP contribution in [0.2, 0.25) is 5.02 Å². The summed E-state index contributed by atoms with van der Waals surface area (Å²) >= 11 is 7.56. The molecule has 0 spiro atoms. The number of halogens is 1. The van der Waals surface area contributed by atoms with Crippen molar-refractivity contribution < 1.29 is 0 Å². The fraction of sp³-hybridized carbons (Fsp3) is 0.357. The molecule has 1 aromatic carbocycles. The van der Waals surface area contributed by atoms with Crippen LogP contribution < -0.4 is 5.32 Å².